The molecule has 224 valence electrons. The standard InChI is InChI=1S/C44H27N3S/c1-2-13-30(14-3-1)46-39-27-29(28-12-10-15-31(26-28)45-36-19-6-4-16-32(36)33-17-5-7-20-37(33)45)24-25-34(39)42-35-18-11-23-41-43(35)47(44(42)46)38-21-8-9-22-40(38)48-41/h1-27H. The van der Waals surface area contributed by atoms with E-state index in [0.29, 0.717) is 0 Å². The monoisotopic (exact) mass is 629 g/mol. The molecule has 3 aromatic heterocycles. The highest BCUT2D eigenvalue weighted by molar-refractivity contribution is 7.99. The van der Waals surface area contributed by atoms with Crippen LogP contribution in [-0.2, 0) is 0 Å². The predicted octanol–water partition coefficient (Wildman–Crippen LogP) is 12.0. The number of fused-ring (bicyclic) bond motifs is 10. The minimum Gasteiger partial charge on any atom is -0.309 e. The van der Waals surface area contributed by atoms with Crippen molar-refractivity contribution in [3.63, 3.8) is 0 Å². The summed E-state index contributed by atoms with van der Waals surface area (Å²) in [5, 5.41) is 6.41. The lowest BCUT2D eigenvalue weighted by atomic mass is 10.0. The van der Waals surface area contributed by atoms with Crippen molar-refractivity contribution >= 4 is 66.4 Å². The van der Waals surface area contributed by atoms with Crippen LogP contribution in [0.4, 0.5) is 0 Å². The maximum absolute atomic E-state index is 2.50. The zero-order chi connectivity index (χ0) is 31.3. The molecule has 10 aromatic rings. The molecule has 0 unspecified atom stereocenters. The number of nitrogens with zero attached hydrogens (tertiary/aromatic N) is 3. The molecule has 11 rings (SSSR count). The highest BCUT2D eigenvalue weighted by Gasteiger charge is 2.27. The van der Waals surface area contributed by atoms with Crippen LogP contribution in [0.15, 0.2) is 174 Å². The van der Waals surface area contributed by atoms with Gasteiger partial charge in [-0.1, -0.05) is 115 Å². The Morgan fingerprint density at radius 2 is 1.02 bits per heavy atom. The summed E-state index contributed by atoms with van der Waals surface area (Å²) in [6, 6.07) is 59.8. The molecule has 0 amide bonds. The van der Waals surface area contributed by atoms with Crippen molar-refractivity contribution in [3.8, 4) is 28.2 Å². The van der Waals surface area contributed by atoms with Gasteiger partial charge in [0.05, 0.1) is 27.8 Å². The van der Waals surface area contributed by atoms with Crippen molar-refractivity contribution in [2.45, 2.75) is 9.79 Å². The zero-order valence-electron chi connectivity index (χ0n) is 25.8. The molecule has 0 spiro atoms. The molecule has 3 nitrogen and oxygen atoms in total. The van der Waals surface area contributed by atoms with Crippen molar-refractivity contribution in [3.05, 3.63) is 164 Å². The number of rotatable bonds is 3. The second-order valence-electron chi connectivity index (χ2n) is 12.6. The number of hydrogen-bond donors (Lipinski definition) is 0. The van der Waals surface area contributed by atoms with E-state index in [1.165, 1.54) is 81.3 Å². The minimum absolute atomic E-state index is 1.16. The summed E-state index contributed by atoms with van der Waals surface area (Å²) >= 11 is 1.87. The third-order valence-corrected chi connectivity index (χ3v) is 11.1. The Kier molecular flexibility index (Phi) is 5.32. The number of para-hydroxylation sites is 5. The second-order valence-corrected chi connectivity index (χ2v) is 13.7. The van der Waals surface area contributed by atoms with E-state index in [2.05, 4.69) is 177 Å². The molecule has 0 atom stereocenters. The third-order valence-electron chi connectivity index (χ3n) is 10.0. The molecule has 0 aliphatic carbocycles. The largest absolute Gasteiger partial charge is 0.309 e. The minimum atomic E-state index is 1.16. The first-order valence-electron chi connectivity index (χ1n) is 16.4. The van der Waals surface area contributed by atoms with E-state index in [4.69, 9.17) is 0 Å². The van der Waals surface area contributed by atoms with Crippen molar-refractivity contribution in [1.29, 1.82) is 0 Å². The van der Waals surface area contributed by atoms with Crippen LogP contribution >= 0.6 is 11.8 Å². The van der Waals surface area contributed by atoms with Gasteiger partial charge in [0.15, 0.2) is 0 Å². The highest BCUT2D eigenvalue weighted by atomic mass is 32.2. The normalized spacial score (nSPS) is 12.5. The van der Waals surface area contributed by atoms with Gasteiger partial charge in [0, 0.05) is 48.1 Å². The summed E-state index contributed by atoms with van der Waals surface area (Å²) in [6.45, 7) is 0. The van der Waals surface area contributed by atoms with Crippen LogP contribution in [0.25, 0.3) is 82.8 Å². The molecule has 1 aliphatic rings. The second kappa shape index (κ2) is 9.77. The van der Waals surface area contributed by atoms with E-state index in [-0.39, 0.29) is 0 Å². The van der Waals surface area contributed by atoms with Gasteiger partial charge in [-0.2, -0.15) is 0 Å². The Morgan fingerprint density at radius 1 is 0.375 bits per heavy atom. The van der Waals surface area contributed by atoms with Crippen LogP contribution in [0.1, 0.15) is 0 Å². The topological polar surface area (TPSA) is 14.8 Å². The van der Waals surface area contributed by atoms with Gasteiger partial charge < -0.3 is 4.57 Å². The Hall–Kier alpha value is -5.97. The maximum atomic E-state index is 2.50. The number of aromatic nitrogens is 3. The fraction of sp³-hybridized carbons (Fsp3) is 0. The van der Waals surface area contributed by atoms with Crippen molar-refractivity contribution in [2.24, 2.45) is 0 Å². The molecule has 0 saturated heterocycles. The van der Waals surface area contributed by atoms with Crippen molar-refractivity contribution in [2.75, 3.05) is 0 Å². The third kappa shape index (κ3) is 3.50. The average molecular weight is 630 g/mol. The van der Waals surface area contributed by atoms with Gasteiger partial charge in [-0.15, -0.1) is 0 Å². The van der Waals surface area contributed by atoms with Gasteiger partial charge in [-0.25, -0.2) is 0 Å². The van der Waals surface area contributed by atoms with Gasteiger partial charge in [0.1, 0.15) is 5.65 Å². The Bertz CT molecular complexity index is 2870. The molecule has 4 heteroatoms. The predicted molar refractivity (Wildman–Crippen MR) is 202 cm³/mol. The molecule has 0 radical (unpaired) electrons. The summed E-state index contributed by atoms with van der Waals surface area (Å²) in [7, 11) is 0. The number of benzene rings is 7. The van der Waals surface area contributed by atoms with E-state index in [1.807, 2.05) is 11.8 Å². The molecule has 0 N–H and O–H groups in total. The Balaban J connectivity index is 1.20. The van der Waals surface area contributed by atoms with E-state index in [9.17, 15) is 0 Å². The van der Waals surface area contributed by atoms with Gasteiger partial charge in [0.2, 0.25) is 0 Å². The van der Waals surface area contributed by atoms with Crippen molar-refractivity contribution in [1.82, 2.24) is 13.7 Å². The summed E-state index contributed by atoms with van der Waals surface area (Å²) in [4.78, 5) is 2.58. The lowest BCUT2D eigenvalue weighted by Crippen LogP contribution is -2.05. The summed E-state index contributed by atoms with van der Waals surface area (Å²) in [5.74, 6) is 0. The smallest absolute Gasteiger partial charge is 0.131 e. The molecule has 0 bridgehead atoms. The van der Waals surface area contributed by atoms with Gasteiger partial charge in [-0.3, -0.25) is 9.13 Å². The lowest BCUT2D eigenvalue weighted by Gasteiger charge is -2.21. The summed E-state index contributed by atoms with van der Waals surface area (Å²) in [6.07, 6.45) is 0. The maximum Gasteiger partial charge on any atom is 0.131 e. The fourth-order valence-corrected chi connectivity index (χ4v) is 9.11. The first kappa shape index (κ1) is 26.1. The molecule has 1 aliphatic heterocycles. The van der Waals surface area contributed by atoms with Crippen LogP contribution in [-0.4, -0.2) is 13.7 Å². The zero-order valence-corrected chi connectivity index (χ0v) is 26.7. The molecule has 7 aromatic carbocycles. The van der Waals surface area contributed by atoms with Crippen LogP contribution in [0, 0.1) is 0 Å². The molecular weight excluding hydrogens is 603 g/mol. The SMILES string of the molecule is c1ccc(-n2c3cc(-c4cccc(-n5c6ccccc6c6ccccc65)c4)ccc3c3c4cccc5c4n(c32)-c2ccccc2S5)cc1. The molecule has 48 heavy (non-hydrogen) atoms. The van der Waals surface area contributed by atoms with Crippen LogP contribution in [0.2, 0.25) is 0 Å². The summed E-state index contributed by atoms with van der Waals surface area (Å²) in [5.41, 5.74) is 12.1. The number of hydrogen-bond acceptors (Lipinski definition) is 1. The van der Waals surface area contributed by atoms with E-state index in [0.717, 1.165) is 11.4 Å². The van der Waals surface area contributed by atoms with Gasteiger partial charge in [-0.05, 0) is 71.8 Å². The molecule has 0 fully saturated rings. The van der Waals surface area contributed by atoms with Gasteiger partial charge >= 0.3 is 0 Å². The first-order chi connectivity index (χ1) is 23.8. The highest BCUT2D eigenvalue weighted by Crippen LogP contribution is 2.49. The van der Waals surface area contributed by atoms with E-state index < -0.39 is 0 Å². The fourth-order valence-electron chi connectivity index (χ4n) is 8.02. The Morgan fingerprint density at radius 3 is 1.85 bits per heavy atom. The first-order valence-corrected chi connectivity index (χ1v) is 17.2. The van der Waals surface area contributed by atoms with Crippen LogP contribution in [0.3, 0.4) is 0 Å². The van der Waals surface area contributed by atoms with Crippen molar-refractivity contribution < 1.29 is 0 Å². The van der Waals surface area contributed by atoms with E-state index in [1.54, 1.807) is 0 Å². The van der Waals surface area contributed by atoms with Crippen LogP contribution < -0.4 is 0 Å². The summed E-state index contributed by atoms with van der Waals surface area (Å²) < 4.78 is 7.37. The lowest BCUT2D eigenvalue weighted by molar-refractivity contribution is 1.03. The van der Waals surface area contributed by atoms with Crippen LogP contribution in [0.5, 0.6) is 0 Å². The van der Waals surface area contributed by atoms with E-state index >= 15 is 0 Å². The molecular formula is C44H27N3S. The molecule has 4 heterocycles. The average Bonchev–Trinajstić information content (AvgIpc) is 3.79. The quantitative estimate of drug-likeness (QED) is 0.190. The Labute approximate surface area is 280 Å². The van der Waals surface area contributed by atoms with Gasteiger partial charge in [0.25, 0.3) is 0 Å². The molecule has 0 saturated carbocycles.